The van der Waals surface area contributed by atoms with E-state index in [-0.39, 0.29) is 0 Å². The highest BCUT2D eigenvalue weighted by Crippen LogP contribution is 2.28. The van der Waals surface area contributed by atoms with Crippen molar-refractivity contribution < 1.29 is 0 Å². The van der Waals surface area contributed by atoms with E-state index in [1.165, 1.54) is 0 Å². The van der Waals surface area contributed by atoms with Gasteiger partial charge in [0, 0.05) is 23.4 Å². The molecule has 0 aliphatic heterocycles. The van der Waals surface area contributed by atoms with Gasteiger partial charge in [-0.3, -0.25) is 0 Å². The summed E-state index contributed by atoms with van der Waals surface area (Å²) in [5.41, 5.74) is 7.64. The number of nitrogens with zero attached hydrogens (tertiary/aromatic N) is 2. The SMILES string of the molecule is CN(c1ccccc1)c1ncc(Br)cc1N. The number of pyridine rings is 1. The van der Waals surface area contributed by atoms with Gasteiger partial charge >= 0.3 is 0 Å². The fourth-order valence-electron chi connectivity index (χ4n) is 1.50. The van der Waals surface area contributed by atoms with Gasteiger partial charge in [0.05, 0.1) is 5.69 Å². The molecule has 0 saturated heterocycles. The quantitative estimate of drug-likeness (QED) is 0.917. The highest BCUT2D eigenvalue weighted by Gasteiger charge is 2.08. The van der Waals surface area contributed by atoms with Gasteiger partial charge in [-0.2, -0.15) is 0 Å². The van der Waals surface area contributed by atoms with Crippen LogP contribution in [0.4, 0.5) is 17.2 Å². The van der Waals surface area contributed by atoms with Crippen LogP contribution in [0.2, 0.25) is 0 Å². The Kier molecular flexibility index (Phi) is 3.10. The molecule has 0 amide bonds. The van der Waals surface area contributed by atoms with Crippen molar-refractivity contribution in [1.82, 2.24) is 4.98 Å². The maximum absolute atomic E-state index is 5.93. The first-order valence-electron chi connectivity index (χ1n) is 4.88. The van der Waals surface area contributed by atoms with Crippen LogP contribution in [0.15, 0.2) is 47.1 Å². The number of benzene rings is 1. The summed E-state index contributed by atoms with van der Waals surface area (Å²) in [5.74, 6) is 0.759. The molecule has 0 bridgehead atoms. The summed E-state index contributed by atoms with van der Waals surface area (Å²) in [6.45, 7) is 0. The first-order valence-corrected chi connectivity index (χ1v) is 5.67. The molecule has 16 heavy (non-hydrogen) atoms. The molecule has 0 fully saturated rings. The van der Waals surface area contributed by atoms with Crippen molar-refractivity contribution in [2.45, 2.75) is 0 Å². The monoisotopic (exact) mass is 277 g/mol. The average molecular weight is 278 g/mol. The maximum atomic E-state index is 5.93. The average Bonchev–Trinajstić information content (AvgIpc) is 2.29. The lowest BCUT2D eigenvalue weighted by atomic mass is 10.3. The van der Waals surface area contributed by atoms with Gasteiger partial charge in [-0.05, 0) is 34.1 Å². The molecule has 2 N–H and O–H groups in total. The summed E-state index contributed by atoms with van der Waals surface area (Å²) < 4.78 is 0.884. The van der Waals surface area contributed by atoms with E-state index in [1.807, 2.05) is 48.3 Å². The van der Waals surface area contributed by atoms with Gasteiger partial charge < -0.3 is 10.6 Å². The first-order chi connectivity index (χ1) is 7.68. The van der Waals surface area contributed by atoms with E-state index >= 15 is 0 Å². The summed E-state index contributed by atoms with van der Waals surface area (Å²) in [6, 6.07) is 11.8. The van der Waals surface area contributed by atoms with Crippen molar-refractivity contribution in [1.29, 1.82) is 0 Å². The molecule has 0 aliphatic rings. The number of anilines is 3. The number of hydrogen-bond acceptors (Lipinski definition) is 3. The normalized spacial score (nSPS) is 10.1. The fourth-order valence-corrected chi connectivity index (χ4v) is 1.85. The number of hydrogen-bond donors (Lipinski definition) is 1. The van der Waals surface area contributed by atoms with Gasteiger partial charge in [-0.25, -0.2) is 4.98 Å². The highest BCUT2D eigenvalue weighted by molar-refractivity contribution is 9.10. The molecule has 0 atom stereocenters. The highest BCUT2D eigenvalue weighted by atomic mass is 79.9. The third-order valence-corrected chi connectivity index (χ3v) is 2.76. The predicted molar refractivity (Wildman–Crippen MR) is 70.9 cm³/mol. The Morgan fingerprint density at radius 1 is 1.25 bits per heavy atom. The number of halogens is 1. The number of nitrogens with two attached hydrogens (primary N) is 1. The van der Waals surface area contributed by atoms with E-state index in [4.69, 9.17) is 5.73 Å². The van der Waals surface area contributed by atoms with Gasteiger partial charge in [-0.1, -0.05) is 18.2 Å². The van der Waals surface area contributed by atoms with Crippen molar-refractivity contribution in [2.24, 2.45) is 0 Å². The van der Waals surface area contributed by atoms with Gasteiger partial charge in [0.15, 0.2) is 5.82 Å². The van der Waals surface area contributed by atoms with E-state index in [1.54, 1.807) is 6.20 Å². The Labute approximate surface area is 103 Å². The standard InChI is InChI=1S/C12H12BrN3/c1-16(10-5-3-2-4-6-10)12-11(14)7-9(13)8-15-12/h2-8H,14H2,1H3. The molecule has 1 aromatic carbocycles. The van der Waals surface area contributed by atoms with Crippen LogP contribution < -0.4 is 10.6 Å². The zero-order valence-electron chi connectivity index (χ0n) is 8.89. The molecule has 0 aliphatic carbocycles. The number of rotatable bonds is 2. The molecule has 0 spiro atoms. The smallest absolute Gasteiger partial charge is 0.156 e. The van der Waals surface area contributed by atoms with Gasteiger partial charge in [0.2, 0.25) is 0 Å². The van der Waals surface area contributed by atoms with Crippen LogP contribution in [-0.4, -0.2) is 12.0 Å². The van der Waals surface area contributed by atoms with Crippen molar-refractivity contribution in [3.8, 4) is 0 Å². The summed E-state index contributed by atoms with van der Waals surface area (Å²) in [4.78, 5) is 6.27. The van der Waals surface area contributed by atoms with E-state index < -0.39 is 0 Å². The van der Waals surface area contributed by atoms with E-state index in [2.05, 4.69) is 20.9 Å². The molecule has 0 saturated carbocycles. The van der Waals surface area contributed by atoms with Crippen LogP contribution in [0.5, 0.6) is 0 Å². The molecule has 0 radical (unpaired) electrons. The molecule has 1 heterocycles. The largest absolute Gasteiger partial charge is 0.396 e. The van der Waals surface area contributed by atoms with Crippen LogP contribution in [0.25, 0.3) is 0 Å². The Morgan fingerprint density at radius 3 is 2.56 bits per heavy atom. The summed E-state index contributed by atoms with van der Waals surface area (Å²) in [6.07, 6.45) is 1.74. The van der Waals surface area contributed by atoms with Gasteiger partial charge in [-0.15, -0.1) is 0 Å². The van der Waals surface area contributed by atoms with Crippen LogP contribution in [0.1, 0.15) is 0 Å². The van der Waals surface area contributed by atoms with Crippen LogP contribution >= 0.6 is 15.9 Å². The summed E-state index contributed by atoms with van der Waals surface area (Å²) in [7, 11) is 1.95. The van der Waals surface area contributed by atoms with E-state index in [0.29, 0.717) is 5.69 Å². The van der Waals surface area contributed by atoms with Gasteiger partial charge in [0.25, 0.3) is 0 Å². The molecule has 4 heteroatoms. The Bertz CT molecular complexity index is 485. The number of aromatic nitrogens is 1. The molecular formula is C12H12BrN3. The zero-order valence-corrected chi connectivity index (χ0v) is 10.5. The van der Waals surface area contributed by atoms with Crippen molar-refractivity contribution in [3.05, 3.63) is 47.1 Å². The third kappa shape index (κ3) is 2.17. The second-order valence-electron chi connectivity index (χ2n) is 3.46. The first kappa shape index (κ1) is 11.0. The summed E-state index contributed by atoms with van der Waals surface area (Å²) >= 11 is 3.34. The van der Waals surface area contributed by atoms with Crippen LogP contribution in [0.3, 0.4) is 0 Å². The minimum absolute atomic E-state index is 0.653. The van der Waals surface area contributed by atoms with E-state index in [0.717, 1.165) is 16.0 Å². The molecular weight excluding hydrogens is 266 g/mol. The van der Waals surface area contributed by atoms with Crippen LogP contribution in [0, 0.1) is 0 Å². The number of para-hydroxylation sites is 1. The van der Waals surface area contributed by atoms with Gasteiger partial charge in [0.1, 0.15) is 0 Å². The summed E-state index contributed by atoms with van der Waals surface area (Å²) in [5, 5.41) is 0. The zero-order chi connectivity index (χ0) is 11.5. The molecule has 2 aromatic rings. The molecule has 2 rings (SSSR count). The van der Waals surface area contributed by atoms with Crippen molar-refractivity contribution >= 4 is 33.1 Å². The fraction of sp³-hybridized carbons (Fsp3) is 0.0833. The Morgan fingerprint density at radius 2 is 1.94 bits per heavy atom. The molecule has 1 aromatic heterocycles. The lowest BCUT2D eigenvalue weighted by Gasteiger charge is -2.19. The van der Waals surface area contributed by atoms with Crippen molar-refractivity contribution in [3.63, 3.8) is 0 Å². The second-order valence-corrected chi connectivity index (χ2v) is 4.38. The lowest BCUT2D eigenvalue weighted by Crippen LogP contribution is -2.13. The Hall–Kier alpha value is -1.55. The number of nitrogen functional groups attached to an aromatic ring is 1. The minimum Gasteiger partial charge on any atom is -0.396 e. The maximum Gasteiger partial charge on any atom is 0.156 e. The molecule has 0 unspecified atom stereocenters. The minimum atomic E-state index is 0.653. The van der Waals surface area contributed by atoms with Crippen molar-refractivity contribution in [2.75, 3.05) is 17.7 Å². The third-order valence-electron chi connectivity index (χ3n) is 2.32. The van der Waals surface area contributed by atoms with E-state index in [9.17, 15) is 0 Å². The topological polar surface area (TPSA) is 42.2 Å². The Balaban J connectivity index is 2.38. The molecule has 82 valence electrons. The lowest BCUT2D eigenvalue weighted by molar-refractivity contribution is 1.13. The molecule has 3 nitrogen and oxygen atoms in total. The second kappa shape index (κ2) is 4.53. The van der Waals surface area contributed by atoms with Crippen LogP contribution in [-0.2, 0) is 0 Å². The predicted octanol–water partition coefficient (Wildman–Crippen LogP) is 3.19.